The molecule has 2 aliphatic rings. The van der Waals surface area contributed by atoms with Crippen LogP contribution < -0.4 is 4.74 Å². The molecule has 39 heavy (non-hydrogen) atoms. The van der Waals surface area contributed by atoms with Crippen molar-refractivity contribution in [2.24, 2.45) is 0 Å². The molecule has 3 aromatic carbocycles. The molecule has 0 aliphatic carbocycles. The summed E-state index contributed by atoms with van der Waals surface area (Å²) in [5, 5.41) is 10.0. The van der Waals surface area contributed by atoms with E-state index in [1.165, 1.54) is 107 Å². The van der Waals surface area contributed by atoms with Gasteiger partial charge in [0, 0.05) is 23.5 Å². The number of phenolic OH excluding ortho intramolecular Hbond substituents is 1. The fraction of sp³-hybridized carbons (Fsp3) is 0.500. The summed E-state index contributed by atoms with van der Waals surface area (Å²) < 4.78 is 6.12. The van der Waals surface area contributed by atoms with Gasteiger partial charge in [-0.3, -0.25) is 0 Å². The van der Waals surface area contributed by atoms with Gasteiger partial charge >= 0.3 is 0 Å². The van der Waals surface area contributed by atoms with Crippen LogP contribution in [0, 0.1) is 0 Å². The standard InChI is InChI=1S/C36H47NO2/c38-32-22-23-33-35(27-32)39-28-34(30-16-10-8-11-17-30)36(33)31-20-18-29(19-21-31)15-9-6-4-2-1-3-5-7-12-24-37-25-13-14-26-37/h8,10-11,16-23,27,34,36,38H,1-7,9,12-15,24-26,28H2/t34-,36-/m0/s1. The van der Waals surface area contributed by atoms with Gasteiger partial charge in [-0.25, -0.2) is 0 Å². The Labute approximate surface area is 236 Å². The fourth-order valence-corrected chi connectivity index (χ4v) is 6.60. The number of ether oxygens (including phenoxy) is 1. The van der Waals surface area contributed by atoms with Crippen molar-refractivity contribution in [2.75, 3.05) is 26.2 Å². The van der Waals surface area contributed by atoms with Gasteiger partial charge in [0.05, 0.1) is 6.61 Å². The zero-order valence-corrected chi connectivity index (χ0v) is 23.7. The van der Waals surface area contributed by atoms with Crippen LogP contribution in [0.4, 0.5) is 0 Å². The van der Waals surface area contributed by atoms with E-state index in [-0.39, 0.29) is 17.6 Å². The largest absolute Gasteiger partial charge is 0.508 e. The molecule has 0 amide bonds. The van der Waals surface area contributed by atoms with Crippen LogP contribution in [-0.2, 0) is 6.42 Å². The summed E-state index contributed by atoms with van der Waals surface area (Å²) in [6.07, 6.45) is 16.4. The smallest absolute Gasteiger partial charge is 0.126 e. The monoisotopic (exact) mass is 525 g/mol. The molecule has 1 saturated heterocycles. The number of likely N-dealkylation sites (tertiary alicyclic amines) is 1. The molecule has 0 radical (unpaired) electrons. The van der Waals surface area contributed by atoms with E-state index < -0.39 is 0 Å². The number of rotatable bonds is 14. The van der Waals surface area contributed by atoms with Crippen LogP contribution in [0.25, 0.3) is 0 Å². The Kier molecular flexibility index (Phi) is 10.4. The Balaban J connectivity index is 1.05. The summed E-state index contributed by atoms with van der Waals surface area (Å²) in [5.74, 6) is 1.53. The van der Waals surface area contributed by atoms with Crippen molar-refractivity contribution >= 4 is 0 Å². The number of unbranched alkanes of at least 4 members (excludes halogenated alkanes) is 8. The van der Waals surface area contributed by atoms with Gasteiger partial charge < -0.3 is 14.7 Å². The molecule has 1 fully saturated rings. The second kappa shape index (κ2) is 14.6. The third-order valence-electron chi connectivity index (χ3n) is 8.86. The van der Waals surface area contributed by atoms with E-state index in [9.17, 15) is 5.11 Å². The van der Waals surface area contributed by atoms with Gasteiger partial charge in [-0.2, -0.15) is 0 Å². The molecule has 2 heterocycles. The summed E-state index contributed by atoms with van der Waals surface area (Å²) >= 11 is 0. The molecule has 3 nitrogen and oxygen atoms in total. The average Bonchev–Trinajstić information content (AvgIpc) is 3.50. The zero-order valence-electron chi connectivity index (χ0n) is 23.7. The highest BCUT2D eigenvalue weighted by Crippen LogP contribution is 2.46. The predicted molar refractivity (Wildman–Crippen MR) is 162 cm³/mol. The fourth-order valence-electron chi connectivity index (χ4n) is 6.60. The first kappa shape index (κ1) is 27.8. The zero-order chi connectivity index (χ0) is 26.7. The van der Waals surface area contributed by atoms with Crippen LogP contribution in [0.2, 0.25) is 0 Å². The van der Waals surface area contributed by atoms with Crippen LogP contribution in [0.15, 0.2) is 72.8 Å². The Morgan fingerprint density at radius 2 is 1.36 bits per heavy atom. The number of hydrogen-bond donors (Lipinski definition) is 1. The quantitative estimate of drug-likeness (QED) is 0.213. The van der Waals surface area contributed by atoms with Crippen LogP contribution in [-0.4, -0.2) is 36.2 Å². The minimum atomic E-state index is 0.214. The molecule has 3 aromatic rings. The Hall–Kier alpha value is -2.78. The second-order valence-electron chi connectivity index (χ2n) is 11.8. The number of aryl methyl sites for hydroxylation is 1. The highest BCUT2D eigenvalue weighted by molar-refractivity contribution is 5.50. The van der Waals surface area contributed by atoms with Crippen LogP contribution in [0.3, 0.4) is 0 Å². The summed E-state index contributed by atoms with van der Waals surface area (Å²) in [6, 6.07) is 25.6. The third-order valence-corrected chi connectivity index (χ3v) is 8.86. The first-order valence-electron chi connectivity index (χ1n) is 15.6. The first-order chi connectivity index (χ1) is 19.3. The number of fused-ring (bicyclic) bond motifs is 1. The summed E-state index contributed by atoms with van der Waals surface area (Å²) in [5.41, 5.74) is 5.22. The second-order valence-corrected chi connectivity index (χ2v) is 11.8. The first-order valence-corrected chi connectivity index (χ1v) is 15.6. The molecule has 1 N–H and O–H groups in total. The maximum absolute atomic E-state index is 10.0. The van der Waals surface area contributed by atoms with Gasteiger partial charge in [0.1, 0.15) is 11.5 Å². The molecular formula is C36H47NO2. The van der Waals surface area contributed by atoms with E-state index in [1.807, 2.05) is 6.07 Å². The maximum atomic E-state index is 10.0. The molecular weight excluding hydrogens is 478 g/mol. The maximum Gasteiger partial charge on any atom is 0.126 e. The lowest BCUT2D eigenvalue weighted by Crippen LogP contribution is -2.25. The number of aromatic hydroxyl groups is 1. The van der Waals surface area contributed by atoms with E-state index in [4.69, 9.17) is 4.74 Å². The highest BCUT2D eigenvalue weighted by Gasteiger charge is 2.33. The molecule has 5 rings (SSSR count). The lowest BCUT2D eigenvalue weighted by Gasteiger charge is -2.34. The van der Waals surface area contributed by atoms with E-state index in [1.54, 1.807) is 12.1 Å². The number of nitrogens with zero attached hydrogens (tertiary/aromatic N) is 1. The van der Waals surface area contributed by atoms with Crippen molar-refractivity contribution < 1.29 is 9.84 Å². The molecule has 0 bridgehead atoms. The van der Waals surface area contributed by atoms with Gasteiger partial charge in [0.2, 0.25) is 0 Å². The lowest BCUT2D eigenvalue weighted by atomic mass is 9.75. The van der Waals surface area contributed by atoms with Crippen molar-refractivity contribution in [2.45, 2.75) is 88.9 Å². The molecule has 2 aliphatic heterocycles. The van der Waals surface area contributed by atoms with Gasteiger partial charge in [-0.05, 0) is 74.5 Å². The van der Waals surface area contributed by atoms with Gasteiger partial charge in [-0.1, -0.05) is 106 Å². The summed E-state index contributed by atoms with van der Waals surface area (Å²) in [6.45, 7) is 4.64. The van der Waals surface area contributed by atoms with E-state index >= 15 is 0 Å². The van der Waals surface area contributed by atoms with Crippen molar-refractivity contribution in [1.82, 2.24) is 4.90 Å². The minimum absolute atomic E-state index is 0.214. The number of hydrogen-bond acceptors (Lipinski definition) is 3. The summed E-state index contributed by atoms with van der Waals surface area (Å²) in [4.78, 5) is 2.64. The Morgan fingerprint density at radius 3 is 2.08 bits per heavy atom. The number of benzene rings is 3. The van der Waals surface area contributed by atoms with Crippen molar-refractivity contribution in [3.63, 3.8) is 0 Å². The minimum Gasteiger partial charge on any atom is -0.508 e. The normalized spacial score (nSPS) is 19.1. The van der Waals surface area contributed by atoms with Crippen LogP contribution >= 0.6 is 0 Å². The topological polar surface area (TPSA) is 32.7 Å². The Morgan fingerprint density at radius 1 is 0.692 bits per heavy atom. The van der Waals surface area contributed by atoms with E-state index in [2.05, 4.69) is 59.5 Å². The van der Waals surface area contributed by atoms with Crippen LogP contribution in [0.1, 0.15) is 105 Å². The SMILES string of the molecule is Oc1ccc2c(c1)OC[C@@H](c1ccccc1)[C@H]2c1ccc(CCCCCCCCCCCN2CCCC2)cc1. The van der Waals surface area contributed by atoms with E-state index in [0.29, 0.717) is 6.61 Å². The van der Waals surface area contributed by atoms with Crippen molar-refractivity contribution in [3.8, 4) is 11.5 Å². The van der Waals surface area contributed by atoms with Crippen LogP contribution in [0.5, 0.6) is 11.5 Å². The predicted octanol–water partition coefficient (Wildman–Crippen LogP) is 8.85. The molecule has 0 aromatic heterocycles. The lowest BCUT2D eigenvalue weighted by molar-refractivity contribution is 0.248. The summed E-state index contributed by atoms with van der Waals surface area (Å²) in [7, 11) is 0. The van der Waals surface area contributed by atoms with Gasteiger partial charge in [0.15, 0.2) is 0 Å². The van der Waals surface area contributed by atoms with E-state index in [0.717, 1.165) is 17.7 Å². The van der Waals surface area contributed by atoms with Gasteiger partial charge in [0.25, 0.3) is 0 Å². The molecule has 0 saturated carbocycles. The molecule has 0 spiro atoms. The van der Waals surface area contributed by atoms with Crippen molar-refractivity contribution in [3.05, 3.63) is 95.1 Å². The average molecular weight is 526 g/mol. The highest BCUT2D eigenvalue weighted by atomic mass is 16.5. The molecule has 3 heteroatoms. The van der Waals surface area contributed by atoms with Gasteiger partial charge in [-0.15, -0.1) is 0 Å². The third kappa shape index (κ3) is 7.88. The molecule has 208 valence electrons. The number of phenols is 1. The Bertz CT molecular complexity index is 1120. The molecule has 2 atom stereocenters. The van der Waals surface area contributed by atoms with Crippen molar-refractivity contribution in [1.29, 1.82) is 0 Å². The molecule has 0 unspecified atom stereocenters.